The second-order valence-electron chi connectivity index (χ2n) is 8.91. The number of alkyl halides is 3. The third-order valence-electron chi connectivity index (χ3n) is 6.61. The van der Waals surface area contributed by atoms with Gasteiger partial charge in [-0.25, -0.2) is 17.7 Å². The van der Waals surface area contributed by atoms with Crippen molar-refractivity contribution in [3.63, 3.8) is 0 Å². The minimum absolute atomic E-state index is 0.0124. The standard InChI is InChI=1S/C20H31F3N6O2S/c21-20(22,23)17-13-25-19(28-18(17)26-14-4-1-2-5-14)27-15-7-10-29(11-8-15)32(30,31)16-6-3-9-24-12-16/h13-16,24H,1-12H2,(H2,25,26,27,28)/t16-/m0/s1. The first-order valence-corrected chi connectivity index (χ1v) is 12.9. The third-order valence-corrected chi connectivity index (χ3v) is 8.94. The van der Waals surface area contributed by atoms with Crippen molar-refractivity contribution >= 4 is 21.8 Å². The highest BCUT2D eigenvalue weighted by molar-refractivity contribution is 7.89. The van der Waals surface area contributed by atoms with E-state index >= 15 is 0 Å². The molecule has 3 heterocycles. The Morgan fingerprint density at radius 3 is 2.31 bits per heavy atom. The fraction of sp³-hybridized carbons (Fsp3) is 0.800. The average molecular weight is 477 g/mol. The largest absolute Gasteiger partial charge is 0.421 e. The minimum Gasteiger partial charge on any atom is -0.367 e. The van der Waals surface area contributed by atoms with E-state index in [2.05, 4.69) is 25.9 Å². The van der Waals surface area contributed by atoms with Crippen LogP contribution in [0.25, 0.3) is 0 Å². The first kappa shape index (κ1) is 23.5. The quantitative estimate of drug-likeness (QED) is 0.581. The van der Waals surface area contributed by atoms with Crippen molar-refractivity contribution in [2.75, 3.05) is 36.8 Å². The fourth-order valence-corrected chi connectivity index (χ4v) is 6.69. The zero-order chi connectivity index (χ0) is 22.8. The molecule has 4 rings (SSSR count). The summed E-state index contributed by atoms with van der Waals surface area (Å²) in [6.45, 7) is 2.09. The van der Waals surface area contributed by atoms with E-state index < -0.39 is 21.8 Å². The summed E-state index contributed by atoms with van der Waals surface area (Å²) in [4.78, 5) is 8.04. The second-order valence-corrected chi connectivity index (χ2v) is 11.1. The molecule has 0 bridgehead atoms. The fourth-order valence-electron chi connectivity index (χ4n) is 4.75. The number of sulfonamides is 1. The summed E-state index contributed by atoms with van der Waals surface area (Å²) in [5.74, 6) is -0.0528. The molecule has 0 amide bonds. The summed E-state index contributed by atoms with van der Waals surface area (Å²) in [5.41, 5.74) is -0.864. The van der Waals surface area contributed by atoms with Gasteiger partial charge in [0.2, 0.25) is 16.0 Å². The highest BCUT2D eigenvalue weighted by Crippen LogP contribution is 2.35. The molecule has 1 atom stereocenters. The van der Waals surface area contributed by atoms with Crippen molar-refractivity contribution in [1.29, 1.82) is 0 Å². The predicted molar refractivity (Wildman–Crippen MR) is 116 cm³/mol. The molecule has 0 unspecified atom stereocenters. The van der Waals surface area contributed by atoms with Gasteiger partial charge in [-0.05, 0) is 45.1 Å². The molecule has 0 radical (unpaired) electrons. The molecule has 1 aromatic heterocycles. The molecule has 0 spiro atoms. The number of halogens is 3. The Balaban J connectivity index is 1.39. The summed E-state index contributed by atoms with van der Waals surface area (Å²) in [7, 11) is -3.35. The average Bonchev–Trinajstić information content (AvgIpc) is 3.27. The number of rotatable bonds is 6. The molecule has 32 heavy (non-hydrogen) atoms. The van der Waals surface area contributed by atoms with Gasteiger partial charge in [-0.15, -0.1) is 0 Å². The highest BCUT2D eigenvalue weighted by Gasteiger charge is 2.37. The van der Waals surface area contributed by atoms with Gasteiger partial charge in [0.25, 0.3) is 0 Å². The molecule has 0 aromatic carbocycles. The van der Waals surface area contributed by atoms with Crippen LogP contribution in [0.5, 0.6) is 0 Å². The Labute approximate surface area is 186 Å². The smallest absolute Gasteiger partial charge is 0.367 e. The Morgan fingerprint density at radius 2 is 1.69 bits per heavy atom. The third kappa shape index (κ3) is 5.45. The van der Waals surface area contributed by atoms with Crippen molar-refractivity contribution in [1.82, 2.24) is 19.6 Å². The van der Waals surface area contributed by atoms with Crippen LogP contribution in [0, 0.1) is 0 Å². The number of aromatic nitrogens is 2. The van der Waals surface area contributed by atoms with Crippen LogP contribution in [0.15, 0.2) is 6.20 Å². The molecule has 1 saturated carbocycles. The van der Waals surface area contributed by atoms with Crippen LogP contribution in [0.1, 0.15) is 56.9 Å². The Kier molecular flexibility index (Phi) is 7.11. The highest BCUT2D eigenvalue weighted by atomic mass is 32.2. The van der Waals surface area contributed by atoms with Crippen LogP contribution in [0.2, 0.25) is 0 Å². The molecular formula is C20H31F3N6O2S. The van der Waals surface area contributed by atoms with Gasteiger partial charge in [0.05, 0.1) is 5.25 Å². The SMILES string of the molecule is O=S(=O)([C@H]1CCCNC1)N1CCC(Nc2ncc(C(F)(F)F)c(NC3CCCC3)n2)CC1. The van der Waals surface area contributed by atoms with Gasteiger partial charge >= 0.3 is 6.18 Å². The monoisotopic (exact) mass is 476 g/mol. The van der Waals surface area contributed by atoms with E-state index in [1.807, 2.05) is 0 Å². The Morgan fingerprint density at radius 1 is 1.00 bits per heavy atom. The lowest BCUT2D eigenvalue weighted by atomic mass is 10.1. The van der Waals surface area contributed by atoms with Crippen LogP contribution in [0.3, 0.4) is 0 Å². The van der Waals surface area contributed by atoms with Crippen molar-refractivity contribution < 1.29 is 21.6 Å². The molecule has 2 aliphatic heterocycles. The van der Waals surface area contributed by atoms with Gasteiger partial charge in [-0.1, -0.05) is 12.8 Å². The Bertz CT molecular complexity index is 878. The van der Waals surface area contributed by atoms with E-state index in [9.17, 15) is 21.6 Å². The normalized spacial score (nSPS) is 24.5. The number of nitrogens with zero attached hydrogens (tertiary/aromatic N) is 3. The molecule has 3 fully saturated rings. The van der Waals surface area contributed by atoms with E-state index in [0.29, 0.717) is 38.9 Å². The molecule has 3 aliphatic rings. The number of hydrogen-bond donors (Lipinski definition) is 3. The van der Waals surface area contributed by atoms with Crippen LogP contribution >= 0.6 is 0 Å². The molecular weight excluding hydrogens is 445 g/mol. The number of anilines is 2. The van der Waals surface area contributed by atoms with Gasteiger partial charge in [0.1, 0.15) is 11.4 Å². The minimum atomic E-state index is -4.53. The lowest BCUT2D eigenvalue weighted by molar-refractivity contribution is -0.137. The molecule has 1 aliphatic carbocycles. The van der Waals surface area contributed by atoms with Crippen LogP contribution in [-0.4, -0.2) is 66.2 Å². The molecule has 2 saturated heterocycles. The van der Waals surface area contributed by atoms with Gasteiger partial charge in [0.15, 0.2) is 0 Å². The number of nitrogens with one attached hydrogen (secondary N) is 3. The maximum absolute atomic E-state index is 13.4. The van der Waals surface area contributed by atoms with E-state index in [1.165, 1.54) is 0 Å². The molecule has 1 aromatic rings. The van der Waals surface area contributed by atoms with E-state index in [-0.39, 0.29) is 29.1 Å². The number of piperidine rings is 2. The topological polar surface area (TPSA) is 99.3 Å². The van der Waals surface area contributed by atoms with Crippen molar-refractivity contribution in [3.05, 3.63) is 11.8 Å². The molecule has 3 N–H and O–H groups in total. The first-order chi connectivity index (χ1) is 15.2. The molecule has 8 nitrogen and oxygen atoms in total. The van der Waals surface area contributed by atoms with Crippen molar-refractivity contribution in [2.24, 2.45) is 0 Å². The Hall–Kier alpha value is -1.66. The van der Waals surface area contributed by atoms with Crippen LogP contribution in [0.4, 0.5) is 24.9 Å². The lowest BCUT2D eigenvalue weighted by Crippen LogP contribution is -2.50. The lowest BCUT2D eigenvalue weighted by Gasteiger charge is -2.35. The molecule has 12 heteroatoms. The summed E-state index contributed by atoms with van der Waals surface area (Å²) >= 11 is 0. The predicted octanol–water partition coefficient (Wildman–Crippen LogP) is 2.81. The molecule has 180 valence electrons. The maximum Gasteiger partial charge on any atom is 0.421 e. The van der Waals surface area contributed by atoms with Gasteiger partial charge < -0.3 is 16.0 Å². The summed E-state index contributed by atoms with van der Waals surface area (Å²) < 4.78 is 67.5. The van der Waals surface area contributed by atoms with Gasteiger partial charge in [-0.2, -0.15) is 18.2 Å². The van der Waals surface area contributed by atoms with Crippen molar-refractivity contribution in [2.45, 2.75) is 74.9 Å². The van der Waals surface area contributed by atoms with Crippen LogP contribution < -0.4 is 16.0 Å². The zero-order valence-corrected chi connectivity index (χ0v) is 18.8. The van der Waals surface area contributed by atoms with Gasteiger partial charge in [-0.3, -0.25) is 0 Å². The summed E-state index contributed by atoms with van der Waals surface area (Å²) in [6.07, 6.45) is 2.55. The summed E-state index contributed by atoms with van der Waals surface area (Å²) in [6, 6.07) is -0.108. The van der Waals surface area contributed by atoms with Crippen LogP contribution in [-0.2, 0) is 16.2 Å². The van der Waals surface area contributed by atoms with Crippen molar-refractivity contribution in [3.8, 4) is 0 Å². The van der Waals surface area contributed by atoms with Gasteiger partial charge in [0, 0.05) is 37.9 Å². The first-order valence-electron chi connectivity index (χ1n) is 11.4. The maximum atomic E-state index is 13.4. The second kappa shape index (κ2) is 9.68. The number of hydrogen-bond acceptors (Lipinski definition) is 7. The van der Waals surface area contributed by atoms with E-state index in [0.717, 1.165) is 44.8 Å². The van der Waals surface area contributed by atoms with E-state index in [4.69, 9.17) is 0 Å². The van der Waals surface area contributed by atoms with E-state index in [1.54, 1.807) is 4.31 Å². The summed E-state index contributed by atoms with van der Waals surface area (Å²) in [5, 5.41) is 8.83. The zero-order valence-electron chi connectivity index (χ0n) is 18.0.